The van der Waals surface area contributed by atoms with Crippen molar-refractivity contribution < 1.29 is 9.63 Å². The predicted molar refractivity (Wildman–Crippen MR) is 56.6 cm³/mol. The summed E-state index contributed by atoms with van der Waals surface area (Å²) in [5.74, 6) is 0.285. The summed E-state index contributed by atoms with van der Waals surface area (Å²) in [5, 5.41) is 13.5. The van der Waals surface area contributed by atoms with Crippen LogP contribution in [0.2, 0.25) is 5.02 Å². The number of halogens is 1. The molecule has 0 aliphatic heterocycles. The van der Waals surface area contributed by atoms with Crippen LogP contribution in [0.5, 0.6) is 0 Å². The molecule has 0 aliphatic carbocycles. The molecule has 0 saturated heterocycles. The van der Waals surface area contributed by atoms with Crippen molar-refractivity contribution in [3.63, 3.8) is 0 Å². The molecule has 0 aromatic carbocycles. The summed E-state index contributed by atoms with van der Waals surface area (Å²) in [6.07, 6.45) is 0.597. The van der Waals surface area contributed by atoms with Crippen LogP contribution >= 0.6 is 11.6 Å². The standard InChI is InChI=1S/C9H9ClN4O2/c10-5-2-1-3-12-7(5)8-13-9(16-14-8)6(15)4-11/h1-3,6,15H,4,11H2/t6-/m0/s1. The highest BCUT2D eigenvalue weighted by atomic mass is 35.5. The van der Waals surface area contributed by atoms with Gasteiger partial charge in [0, 0.05) is 12.7 Å². The van der Waals surface area contributed by atoms with Gasteiger partial charge in [0.15, 0.2) is 0 Å². The molecule has 6 nitrogen and oxygen atoms in total. The van der Waals surface area contributed by atoms with Crippen LogP contribution in [0.1, 0.15) is 12.0 Å². The third-order valence-electron chi connectivity index (χ3n) is 1.92. The van der Waals surface area contributed by atoms with E-state index in [9.17, 15) is 5.11 Å². The van der Waals surface area contributed by atoms with Crippen LogP contribution in [0, 0.1) is 0 Å². The van der Waals surface area contributed by atoms with Gasteiger partial charge in [0.25, 0.3) is 5.89 Å². The van der Waals surface area contributed by atoms with Gasteiger partial charge in [-0.2, -0.15) is 4.98 Å². The molecule has 0 spiro atoms. The van der Waals surface area contributed by atoms with Crippen molar-refractivity contribution in [2.75, 3.05) is 6.54 Å². The van der Waals surface area contributed by atoms with Crippen molar-refractivity contribution in [2.45, 2.75) is 6.10 Å². The minimum atomic E-state index is -0.969. The number of aliphatic hydroxyl groups is 1. The van der Waals surface area contributed by atoms with Crippen LogP contribution in [0.3, 0.4) is 0 Å². The Morgan fingerprint density at radius 1 is 1.56 bits per heavy atom. The van der Waals surface area contributed by atoms with E-state index in [-0.39, 0.29) is 18.3 Å². The zero-order chi connectivity index (χ0) is 11.5. The predicted octanol–water partition coefficient (Wildman–Crippen LogP) is 0.777. The van der Waals surface area contributed by atoms with E-state index in [0.29, 0.717) is 10.7 Å². The fourth-order valence-electron chi connectivity index (χ4n) is 1.12. The van der Waals surface area contributed by atoms with E-state index >= 15 is 0 Å². The number of aliphatic hydroxyl groups excluding tert-OH is 1. The second-order valence-electron chi connectivity index (χ2n) is 3.04. The van der Waals surface area contributed by atoms with E-state index in [0.717, 1.165) is 0 Å². The second-order valence-corrected chi connectivity index (χ2v) is 3.45. The summed E-state index contributed by atoms with van der Waals surface area (Å²) in [7, 11) is 0. The summed E-state index contributed by atoms with van der Waals surface area (Å²) in [6, 6.07) is 3.36. The van der Waals surface area contributed by atoms with Gasteiger partial charge in [0.1, 0.15) is 11.8 Å². The van der Waals surface area contributed by atoms with Gasteiger partial charge in [0.05, 0.1) is 5.02 Å². The van der Waals surface area contributed by atoms with Crippen LogP contribution in [0.4, 0.5) is 0 Å². The average molecular weight is 241 g/mol. The van der Waals surface area contributed by atoms with Crippen LogP contribution < -0.4 is 5.73 Å². The van der Waals surface area contributed by atoms with Gasteiger partial charge in [-0.05, 0) is 12.1 Å². The zero-order valence-electron chi connectivity index (χ0n) is 8.17. The van der Waals surface area contributed by atoms with Gasteiger partial charge >= 0.3 is 0 Å². The monoisotopic (exact) mass is 240 g/mol. The molecule has 0 saturated carbocycles. The molecule has 84 valence electrons. The SMILES string of the molecule is NC[C@H](O)c1nc(-c2ncccc2Cl)no1. The van der Waals surface area contributed by atoms with E-state index < -0.39 is 6.10 Å². The van der Waals surface area contributed by atoms with Gasteiger partial charge in [-0.25, -0.2) is 0 Å². The first-order valence-electron chi connectivity index (χ1n) is 4.55. The Morgan fingerprint density at radius 3 is 3.06 bits per heavy atom. The number of nitrogens with zero attached hydrogens (tertiary/aromatic N) is 3. The smallest absolute Gasteiger partial charge is 0.257 e. The van der Waals surface area contributed by atoms with Crippen molar-refractivity contribution >= 4 is 11.6 Å². The van der Waals surface area contributed by atoms with Crippen molar-refractivity contribution in [3.05, 3.63) is 29.2 Å². The maximum absolute atomic E-state index is 9.38. The number of pyridine rings is 1. The fourth-order valence-corrected chi connectivity index (χ4v) is 1.32. The molecule has 0 radical (unpaired) electrons. The summed E-state index contributed by atoms with van der Waals surface area (Å²) in [4.78, 5) is 7.97. The minimum Gasteiger partial charge on any atom is -0.382 e. The number of aromatic nitrogens is 3. The second kappa shape index (κ2) is 4.56. The van der Waals surface area contributed by atoms with Gasteiger partial charge in [-0.15, -0.1) is 0 Å². The van der Waals surface area contributed by atoms with E-state index in [1.54, 1.807) is 18.3 Å². The topological polar surface area (TPSA) is 98.1 Å². The molecule has 16 heavy (non-hydrogen) atoms. The molecule has 0 unspecified atom stereocenters. The van der Waals surface area contributed by atoms with E-state index in [4.69, 9.17) is 21.9 Å². The Bertz CT molecular complexity index is 488. The number of rotatable bonds is 3. The largest absolute Gasteiger partial charge is 0.382 e. The molecular formula is C9H9ClN4O2. The number of hydrogen-bond donors (Lipinski definition) is 2. The van der Waals surface area contributed by atoms with Crippen molar-refractivity contribution in [3.8, 4) is 11.5 Å². The Morgan fingerprint density at radius 2 is 2.38 bits per heavy atom. The van der Waals surface area contributed by atoms with E-state index in [1.165, 1.54) is 0 Å². The molecule has 1 atom stereocenters. The molecule has 2 heterocycles. The average Bonchev–Trinajstić information content (AvgIpc) is 2.78. The van der Waals surface area contributed by atoms with Crippen molar-refractivity contribution in [1.29, 1.82) is 0 Å². The molecule has 7 heteroatoms. The van der Waals surface area contributed by atoms with Gasteiger partial charge < -0.3 is 15.4 Å². The molecule has 3 N–H and O–H groups in total. The lowest BCUT2D eigenvalue weighted by Gasteiger charge is -1.98. The molecular weight excluding hydrogens is 232 g/mol. The first-order chi connectivity index (χ1) is 7.72. The maximum atomic E-state index is 9.38. The summed E-state index contributed by atoms with van der Waals surface area (Å²) < 4.78 is 4.84. The molecule has 0 fully saturated rings. The molecule has 2 rings (SSSR count). The summed E-state index contributed by atoms with van der Waals surface area (Å²) in [5.41, 5.74) is 5.67. The van der Waals surface area contributed by atoms with Crippen LogP contribution in [-0.2, 0) is 0 Å². The van der Waals surface area contributed by atoms with Crippen LogP contribution in [0.25, 0.3) is 11.5 Å². The third kappa shape index (κ3) is 2.04. The number of hydrogen-bond acceptors (Lipinski definition) is 6. The Kier molecular flexibility index (Phi) is 3.14. The van der Waals surface area contributed by atoms with Crippen LogP contribution in [-0.4, -0.2) is 26.8 Å². The molecule has 2 aromatic heterocycles. The van der Waals surface area contributed by atoms with Gasteiger partial charge in [0.2, 0.25) is 5.82 Å². The maximum Gasteiger partial charge on any atom is 0.257 e. The fraction of sp³-hybridized carbons (Fsp3) is 0.222. The van der Waals surface area contributed by atoms with Crippen LogP contribution in [0.15, 0.2) is 22.9 Å². The lowest BCUT2D eigenvalue weighted by Crippen LogP contribution is -2.11. The number of nitrogens with two attached hydrogens (primary N) is 1. The lowest BCUT2D eigenvalue weighted by molar-refractivity contribution is 0.141. The molecule has 2 aromatic rings. The highest BCUT2D eigenvalue weighted by molar-refractivity contribution is 6.32. The Hall–Kier alpha value is -1.50. The minimum absolute atomic E-state index is 0.0115. The Balaban J connectivity index is 2.35. The van der Waals surface area contributed by atoms with Gasteiger partial charge in [-0.1, -0.05) is 16.8 Å². The highest BCUT2D eigenvalue weighted by Gasteiger charge is 2.17. The van der Waals surface area contributed by atoms with Gasteiger partial charge in [-0.3, -0.25) is 4.98 Å². The highest BCUT2D eigenvalue weighted by Crippen LogP contribution is 2.23. The first-order valence-corrected chi connectivity index (χ1v) is 4.92. The first kappa shape index (κ1) is 11.0. The van der Waals surface area contributed by atoms with Crippen molar-refractivity contribution in [2.24, 2.45) is 5.73 Å². The van der Waals surface area contributed by atoms with Crippen molar-refractivity contribution in [1.82, 2.24) is 15.1 Å². The van der Waals surface area contributed by atoms with E-state index in [1.807, 2.05) is 0 Å². The third-order valence-corrected chi connectivity index (χ3v) is 2.23. The van der Waals surface area contributed by atoms with E-state index in [2.05, 4.69) is 15.1 Å². The quantitative estimate of drug-likeness (QED) is 0.823. The molecule has 0 aliphatic rings. The molecule has 0 amide bonds. The lowest BCUT2D eigenvalue weighted by atomic mass is 10.3. The molecule has 0 bridgehead atoms. The zero-order valence-corrected chi connectivity index (χ0v) is 8.92. The summed E-state index contributed by atoms with van der Waals surface area (Å²) in [6.45, 7) is 0.0115. The Labute approximate surface area is 96.1 Å². The normalized spacial score (nSPS) is 12.7. The summed E-state index contributed by atoms with van der Waals surface area (Å²) >= 11 is 5.91.